The van der Waals surface area contributed by atoms with E-state index in [9.17, 15) is 0 Å². The van der Waals surface area contributed by atoms with E-state index < -0.39 is 0 Å². The topological polar surface area (TPSA) is 78.4 Å². The van der Waals surface area contributed by atoms with Crippen molar-refractivity contribution in [3.63, 3.8) is 0 Å². The summed E-state index contributed by atoms with van der Waals surface area (Å²) >= 11 is 0. The van der Waals surface area contributed by atoms with E-state index >= 15 is 0 Å². The Kier molecular flexibility index (Phi) is 4.94. The molecule has 0 atom stereocenters. The molecule has 0 amide bonds. The number of benzene rings is 1. The monoisotopic (exact) mass is 338 g/mol. The van der Waals surface area contributed by atoms with Crippen molar-refractivity contribution in [3.8, 4) is 23.5 Å². The number of aryl methyl sites for hydroxylation is 1. The molecule has 128 valence electrons. The average Bonchev–Trinajstić information content (AvgIpc) is 2.64. The van der Waals surface area contributed by atoms with E-state index in [2.05, 4.69) is 20.3 Å². The van der Waals surface area contributed by atoms with Crippen molar-refractivity contribution in [3.05, 3.63) is 54.2 Å². The average molecular weight is 338 g/mol. The van der Waals surface area contributed by atoms with E-state index in [-0.39, 0.29) is 6.01 Å². The smallest absolute Gasteiger partial charge is 0.328 e. The number of aromatic nitrogens is 3. The summed E-state index contributed by atoms with van der Waals surface area (Å²) in [4.78, 5) is 12.7. The van der Waals surface area contributed by atoms with Crippen LogP contribution in [0.1, 0.15) is 5.56 Å². The lowest BCUT2D eigenvalue weighted by atomic mass is 10.2. The first kappa shape index (κ1) is 16.5. The maximum absolute atomic E-state index is 5.78. The molecule has 0 unspecified atom stereocenters. The van der Waals surface area contributed by atoms with Gasteiger partial charge in [-0.2, -0.15) is 9.97 Å². The quantitative estimate of drug-likeness (QED) is 0.733. The maximum atomic E-state index is 5.78. The summed E-state index contributed by atoms with van der Waals surface area (Å²) in [5, 5.41) is 3.22. The second kappa shape index (κ2) is 7.48. The van der Waals surface area contributed by atoms with Crippen LogP contribution >= 0.6 is 0 Å². The number of ether oxygens (including phenoxy) is 3. The van der Waals surface area contributed by atoms with Crippen LogP contribution in [0.5, 0.6) is 23.5 Å². The summed E-state index contributed by atoms with van der Waals surface area (Å²) in [6.07, 6.45) is 1.68. The van der Waals surface area contributed by atoms with E-state index in [1.165, 1.54) is 19.8 Å². The van der Waals surface area contributed by atoms with Gasteiger partial charge in [-0.1, -0.05) is 17.7 Å². The first-order chi connectivity index (χ1) is 12.2. The van der Waals surface area contributed by atoms with Crippen molar-refractivity contribution in [1.29, 1.82) is 0 Å². The van der Waals surface area contributed by atoms with Crippen LogP contribution in [0.4, 0.5) is 11.5 Å². The summed E-state index contributed by atoms with van der Waals surface area (Å²) in [6.45, 7) is 2.03. The number of methoxy groups -OCH3 is 2. The highest BCUT2D eigenvalue weighted by molar-refractivity contribution is 5.62. The number of pyridine rings is 1. The van der Waals surface area contributed by atoms with Gasteiger partial charge in [-0.25, -0.2) is 4.98 Å². The van der Waals surface area contributed by atoms with E-state index in [0.29, 0.717) is 23.3 Å². The molecule has 3 aromatic rings. The summed E-state index contributed by atoms with van der Waals surface area (Å²) in [5.41, 5.74) is 2.08. The second-order valence-corrected chi connectivity index (χ2v) is 5.18. The zero-order valence-corrected chi connectivity index (χ0v) is 14.2. The van der Waals surface area contributed by atoms with Crippen LogP contribution < -0.4 is 19.5 Å². The first-order valence-corrected chi connectivity index (χ1v) is 7.61. The van der Waals surface area contributed by atoms with E-state index in [1.807, 2.05) is 31.2 Å². The van der Waals surface area contributed by atoms with E-state index in [1.54, 1.807) is 24.4 Å². The third-order valence-corrected chi connectivity index (χ3v) is 3.36. The summed E-state index contributed by atoms with van der Waals surface area (Å²) in [6, 6.07) is 13.2. The van der Waals surface area contributed by atoms with Gasteiger partial charge in [0, 0.05) is 11.9 Å². The van der Waals surface area contributed by atoms with Crippen molar-refractivity contribution in [2.45, 2.75) is 6.92 Å². The molecule has 0 aliphatic heterocycles. The highest BCUT2D eigenvalue weighted by atomic mass is 16.5. The van der Waals surface area contributed by atoms with Gasteiger partial charge in [-0.15, -0.1) is 0 Å². The molecule has 3 rings (SSSR count). The lowest BCUT2D eigenvalue weighted by molar-refractivity contribution is 0.348. The molecule has 0 aliphatic rings. The fourth-order valence-corrected chi connectivity index (χ4v) is 2.08. The normalized spacial score (nSPS) is 10.2. The molecule has 1 N–H and O–H groups in total. The zero-order chi connectivity index (χ0) is 17.6. The van der Waals surface area contributed by atoms with Gasteiger partial charge < -0.3 is 19.5 Å². The van der Waals surface area contributed by atoms with Crippen LogP contribution in [0.2, 0.25) is 0 Å². The van der Waals surface area contributed by atoms with Gasteiger partial charge in [0.15, 0.2) is 11.6 Å². The molecule has 0 spiro atoms. The summed E-state index contributed by atoms with van der Waals surface area (Å²) < 4.78 is 16.0. The summed E-state index contributed by atoms with van der Waals surface area (Å²) in [7, 11) is 3.03. The van der Waals surface area contributed by atoms with Crippen LogP contribution in [-0.4, -0.2) is 29.2 Å². The lowest BCUT2D eigenvalue weighted by Crippen LogP contribution is -2.01. The standard InChI is InChI=1S/C18H18N4O3/c1-12-6-8-13(9-7-12)20-17-14(5-4-10-19-17)25-18-21-15(23-2)11-16(22-18)24-3/h4-11H,1-3H3,(H,19,20). The molecule has 0 bridgehead atoms. The molecule has 0 saturated carbocycles. The highest BCUT2D eigenvalue weighted by Gasteiger charge is 2.11. The van der Waals surface area contributed by atoms with Crippen molar-refractivity contribution in [1.82, 2.24) is 15.0 Å². The fourth-order valence-electron chi connectivity index (χ4n) is 2.08. The van der Waals surface area contributed by atoms with E-state index in [4.69, 9.17) is 14.2 Å². The maximum Gasteiger partial charge on any atom is 0.328 e. The minimum absolute atomic E-state index is 0.108. The predicted octanol–water partition coefficient (Wildman–Crippen LogP) is 3.73. The second-order valence-electron chi connectivity index (χ2n) is 5.18. The molecular formula is C18H18N4O3. The Bertz CT molecular complexity index is 831. The van der Waals surface area contributed by atoms with Crippen LogP contribution in [0.25, 0.3) is 0 Å². The van der Waals surface area contributed by atoms with Crippen molar-refractivity contribution < 1.29 is 14.2 Å². The summed E-state index contributed by atoms with van der Waals surface area (Å²) in [5.74, 6) is 1.73. The first-order valence-electron chi connectivity index (χ1n) is 7.61. The molecule has 25 heavy (non-hydrogen) atoms. The van der Waals surface area contributed by atoms with Gasteiger partial charge in [0.1, 0.15) is 0 Å². The van der Waals surface area contributed by atoms with Crippen molar-refractivity contribution >= 4 is 11.5 Å². The predicted molar refractivity (Wildman–Crippen MR) is 93.9 cm³/mol. The number of nitrogens with one attached hydrogen (secondary N) is 1. The molecule has 0 fully saturated rings. The van der Waals surface area contributed by atoms with Gasteiger partial charge >= 0.3 is 6.01 Å². The Hall–Kier alpha value is -3.35. The lowest BCUT2D eigenvalue weighted by Gasteiger charge is -2.12. The minimum Gasteiger partial charge on any atom is -0.481 e. The van der Waals surface area contributed by atoms with Gasteiger partial charge in [-0.3, -0.25) is 0 Å². The number of hydrogen-bond acceptors (Lipinski definition) is 7. The van der Waals surface area contributed by atoms with Crippen molar-refractivity contribution in [2.24, 2.45) is 0 Å². The van der Waals surface area contributed by atoms with Gasteiger partial charge in [-0.05, 0) is 31.2 Å². The van der Waals surface area contributed by atoms with Gasteiger partial charge in [0.05, 0.1) is 20.3 Å². The highest BCUT2D eigenvalue weighted by Crippen LogP contribution is 2.30. The van der Waals surface area contributed by atoms with Crippen LogP contribution in [0, 0.1) is 6.92 Å². The van der Waals surface area contributed by atoms with Gasteiger partial charge in [0.2, 0.25) is 11.8 Å². The van der Waals surface area contributed by atoms with E-state index in [0.717, 1.165) is 5.69 Å². The molecule has 0 saturated heterocycles. The zero-order valence-electron chi connectivity index (χ0n) is 14.2. The third-order valence-electron chi connectivity index (χ3n) is 3.36. The van der Waals surface area contributed by atoms with Crippen molar-refractivity contribution in [2.75, 3.05) is 19.5 Å². The Morgan fingerprint density at radius 1 is 0.920 bits per heavy atom. The Balaban J connectivity index is 1.87. The molecule has 0 radical (unpaired) electrons. The number of anilines is 2. The fraction of sp³-hybridized carbons (Fsp3) is 0.167. The Morgan fingerprint density at radius 3 is 2.24 bits per heavy atom. The van der Waals surface area contributed by atoms with Crippen LogP contribution in [0.15, 0.2) is 48.7 Å². The SMILES string of the molecule is COc1cc(OC)nc(Oc2cccnc2Nc2ccc(C)cc2)n1. The van der Waals surface area contributed by atoms with Crippen LogP contribution in [-0.2, 0) is 0 Å². The van der Waals surface area contributed by atoms with Gasteiger partial charge in [0.25, 0.3) is 0 Å². The molecule has 0 aliphatic carbocycles. The molecule has 7 nitrogen and oxygen atoms in total. The molecule has 1 aromatic carbocycles. The molecule has 2 heterocycles. The van der Waals surface area contributed by atoms with Crippen LogP contribution in [0.3, 0.4) is 0 Å². The number of hydrogen-bond donors (Lipinski definition) is 1. The number of nitrogens with zero attached hydrogens (tertiary/aromatic N) is 3. The molecule has 2 aromatic heterocycles. The number of rotatable bonds is 6. The minimum atomic E-state index is 0.108. The largest absolute Gasteiger partial charge is 0.481 e. The Labute approximate surface area is 145 Å². The molecule has 7 heteroatoms. The molecular weight excluding hydrogens is 320 g/mol. The third kappa shape index (κ3) is 4.14. The Morgan fingerprint density at radius 2 is 1.60 bits per heavy atom.